The maximum Gasteiger partial charge on any atom is 0.0961 e. The summed E-state index contributed by atoms with van der Waals surface area (Å²) in [5, 5.41) is 0. The van der Waals surface area contributed by atoms with Crippen molar-refractivity contribution in [2.45, 2.75) is 31.3 Å². The SMILES string of the molecule is Nc1ccc2c(c1)ncn2C1CCN(C2CC2)C1. The zero-order valence-corrected chi connectivity index (χ0v) is 10.4. The van der Waals surface area contributed by atoms with Crippen molar-refractivity contribution in [1.82, 2.24) is 14.5 Å². The van der Waals surface area contributed by atoms with Gasteiger partial charge in [0.1, 0.15) is 0 Å². The van der Waals surface area contributed by atoms with Crippen molar-refractivity contribution in [1.29, 1.82) is 0 Å². The van der Waals surface area contributed by atoms with Crippen LogP contribution in [0.1, 0.15) is 25.3 Å². The number of anilines is 1. The zero-order valence-electron chi connectivity index (χ0n) is 10.4. The molecule has 94 valence electrons. The number of hydrogen-bond donors (Lipinski definition) is 1. The van der Waals surface area contributed by atoms with Gasteiger partial charge in [0.15, 0.2) is 0 Å². The van der Waals surface area contributed by atoms with Gasteiger partial charge in [-0.3, -0.25) is 4.90 Å². The number of rotatable bonds is 2. The molecule has 1 saturated carbocycles. The highest BCUT2D eigenvalue weighted by molar-refractivity contribution is 5.79. The van der Waals surface area contributed by atoms with Crippen LogP contribution in [0.3, 0.4) is 0 Å². The number of benzene rings is 1. The molecule has 2 aliphatic rings. The Morgan fingerprint density at radius 3 is 2.89 bits per heavy atom. The largest absolute Gasteiger partial charge is 0.399 e. The van der Waals surface area contributed by atoms with E-state index in [0.717, 1.165) is 17.2 Å². The standard InChI is InChI=1S/C14H18N4/c15-10-1-4-14-13(7-10)16-9-18(14)12-5-6-17(8-12)11-2-3-11/h1,4,7,9,11-12H,2-3,5-6,8,15H2. The van der Waals surface area contributed by atoms with E-state index in [2.05, 4.69) is 20.5 Å². The Kier molecular flexibility index (Phi) is 2.14. The molecule has 0 amide bonds. The Morgan fingerprint density at radius 1 is 1.17 bits per heavy atom. The minimum Gasteiger partial charge on any atom is -0.399 e. The van der Waals surface area contributed by atoms with Gasteiger partial charge in [-0.15, -0.1) is 0 Å². The fourth-order valence-corrected chi connectivity index (χ4v) is 3.11. The van der Waals surface area contributed by atoms with E-state index in [1.165, 1.54) is 37.9 Å². The monoisotopic (exact) mass is 242 g/mol. The van der Waals surface area contributed by atoms with E-state index in [0.29, 0.717) is 6.04 Å². The van der Waals surface area contributed by atoms with Crippen LogP contribution in [0.15, 0.2) is 24.5 Å². The average molecular weight is 242 g/mol. The molecule has 2 N–H and O–H groups in total. The van der Waals surface area contributed by atoms with Crippen LogP contribution in [0.2, 0.25) is 0 Å². The van der Waals surface area contributed by atoms with Gasteiger partial charge in [-0.1, -0.05) is 0 Å². The van der Waals surface area contributed by atoms with E-state index < -0.39 is 0 Å². The number of aromatic nitrogens is 2. The summed E-state index contributed by atoms with van der Waals surface area (Å²) in [6, 6.07) is 7.48. The lowest BCUT2D eigenvalue weighted by atomic mass is 10.2. The molecule has 0 bridgehead atoms. The zero-order chi connectivity index (χ0) is 12.1. The highest BCUT2D eigenvalue weighted by atomic mass is 15.2. The molecule has 1 aliphatic heterocycles. The molecule has 1 saturated heterocycles. The lowest BCUT2D eigenvalue weighted by Gasteiger charge is -2.16. The Labute approximate surface area is 106 Å². The summed E-state index contributed by atoms with van der Waals surface area (Å²) in [5.41, 5.74) is 8.82. The van der Waals surface area contributed by atoms with Gasteiger partial charge in [0, 0.05) is 30.9 Å². The van der Waals surface area contributed by atoms with Gasteiger partial charge in [-0.25, -0.2) is 4.98 Å². The number of likely N-dealkylation sites (tertiary alicyclic amines) is 1. The molecular weight excluding hydrogens is 224 g/mol. The molecule has 1 aliphatic carbocycles. The third kappa shape index (κ3) is 1.60. The molecule has 1 aromatic heterocycles. The second-order valence-corrected chi connectivity index (χ2v) is 5.57. The predicted octanol–water partition coefficient (Wildman–Crippen LogP) is 2.03. The number of fused-ring (bicyclic) bond motifs is 1. The second kappa shape index (κ2) is 3.72. The first-order valence-corrected chi connectivity index (χ1v) is 6.77. The van der Waals surface area contributed by atoms with E-state index in [1.54, 1.807) is 0 Å². The highest BCUT2D eigenvalue weighted by Crippen LogP contribution is 2.34. The van der Waals surface area contributed by atoms with Crippen LogP contribution in [-0.4, -0.2) is 33.6 Å². The third-order valence-electron chi connectivity index (χ3n) is 4.25. The minimum atomic E-state index is 0.583. The molecule has 2 fully saturated rings. The Bertz CT molecular complexity index is 584. The molecule has 1 unspecified atom stereocenters. The van der Waals surface area contributed by atoms with Gasteiger partial charge < -0.3 is 10.3 Å². The lowest BCUT2D eigenvalue weighted by molar-refractivity contribution is 0.315. The molecule has 4 heteroatoms. The molecule has 1 aromatic carbocycles. The van der Waals surface area contributed by atoms with Crippen molar-refractivity contribution in [3.63, 3.8) is 0 Å². The van der Waals surface area contributed by atoms with E-state index in [4.69, 9.17) is 5.73 Å². The number of hydrogen-bond acceptors (Lipinski definition) is 3. The van der Waals surface area contributed by atoms with Crippen LogP contribution in [0.5, 0.6) is 0 Å². The van der Waals surface area contributed by atoms with Gasteiger partial charge in [-0.2, -0.15) is 0 Å². The first-order chi connectivity index (χ1) is 8.81. The molecule has 0 radical (unpaired) electrons. The van der Waals surface area contributed by atoms with Crippen molar-refractivity contribution in [2.24, 2.45) is 0 Å². The summed E-state index contributed by atoms with van der Waals surface area (Å²) in [6.45, 7) is 2.42. The molecule has 4 rings (SSSR count). The van der Waals surface area contributed by atoms with Gasteiger partial charge in [0.2, 0.25) is 0 Å². The van der Waals surface area contributed by atoms with E-state index in [1.807, 2.05) is 18.5 Å². The molecule has 2 aromatic rings. The van der Waals surface area contributed by atoms with E-state index in [9.17, 15) is 0 Å². The van der Waals surface area contributed by atoms with Gasteiger partial charge in [-0.05, 0) is 37.5 Å². The quantitative estimate of drug-likeness (QED) is 0.820. The normalized spacial score (nSPS) is 25.0. The Hall–Kier alpha value is -1.55. The third-order valence-corrected chi connectivity index (χ3v) is 4.25. The summed E-state index contributed by atoms with van der Waals surface area (Å²) in [5.74, 6) is 0. The van der Waals surface area contributed by atoms with Crippen LogP contribution in [0, 0.1) is 0 Å². The molecule has 18 heavy (non-hydrogen) atoms. The summed E-state index contributed by atoms with van der Waals surface area (Å²) in [7, 11) is 0. The van der Waals surface area contributed by atoms with Crippen LogP contribution >= 0.6 is 0 Å². The molecule has 1 atom stereocenters. The van der Waals surface area contributed by atoms with Crippen molar-refractivity contribution < 1.29 is 0 Å². The fourth-order valence-electron chi connectivity index (χ4n) is 3.11. The van der Waals surface area contributed by atoms with E-state index in [-0.39, 0.29) is 0 Å². The first kappa shape index (κ1) is 10.4. The van der Waals surface area contributed by atoms with Crippen LogP contribution in [0.25, 0.3) is 11.0 Å². The van der Waals surface area contributed by atoms with Gasteiger partial charge in [0.05, 0.1) is 17.4 Å². The van der Waals surface area contributed by atoms with Crippen molar-refractivity contribution in [3.05, 3.63) is 24.5 Å². The number of nitrogen functional groups attached to an aromatic ring is 1. The molecular formula is C14H18N4. The second-order valence-electron chi connectivity index (χ2n) is 5.57. The Morgan fingerprint density at radius 2 is 2.06 bits per heavy atom. The predicted molar refractivity (Wildman–Crippen MR) is 72.4 cm³/mol. The van der Waals surface area contributed by atoms with Crippen molar-refractivity contribution in [3.8, 4) is 0 Å². The summed E-state index contributed by atoms with van der Waals surface area (Å²) in [4.78, 5) is 7.11. The lowest BCUT2D eigenvalue weighted by Crippen LogP contribution is -2.23. The van der Waals surface area contributed by atoms with Gasteiger partial charge >= 0.3 is 0 Å². The smallest absolute Gasteiger partial charge is 0.0961 e. The maximum atomic E-state index is 5.80. The van der Waals surface area contributed by atoms with E-state index >= 15 is 0 Å². The Balaban J connectivity index is 1.66. The van der Waals surface area contributed by atoms with Crippen molar-refractivity contribution in [2.75, 3.05) is 18.8 Å². The summed E-state index contributed by atoms with van der Waals surface area (Å²) < 4.78 is 2.33. The fraction of sp³-hybridized carbons (Fsp3) is 0.500. The number of nitrogens with two attached hydrogens (primary N) is 1. The summed E-state index contributed by atoms with van der Waals surface area (Å²) in [6.07, 6.45) is 6.01. The summed E-state index contributed by atoms with van der Waals surface area (Å²) >= 11 is 0. The number of imidazole rings is 1. The minimum absolute atomic E-state index is 0.583. The first-order valence-electron chi connectivity index (χ1n) is 6.77. The molecule has 4 nitrogen and oxygen atoms in total. The number of nitrogens with zero attached hydrogens (tertiary/aromatic N) is 3. The van der Waals surface area contributed by atoms with Gasteiger partial charge in [0.25, 0.3) is 0 Å². The van der Waals surface area contributed by atoms with Crippen LogP contribution in [0.4, 0.5) is 5.69 Å². The topological polar surface area (TPSA) is 47.1 Å². The average Bonchev–Trinajstić information content (AvgIpc) is 2.96. The van der Waals surface area contributed by atoms with Crippen molar-refractivity contribution >= 4 is 16.7 Å². The molecule has 2 heterocycles. The maximum absolute atomic E-state index is 5.80. The van der Waals surface area contributed by atoms with Crippen LogP contribution in [-0.2, 0) is 0 Å². The van der Waals surface area contributed by atoms with Crippen LogP contribution < -0.4 is 5.73 Å². The molecule has 0 spiro atoms. The highest BCUT2D eigenvalue weighted by Gasteiger charge is 2.35.